The first-order valence-corrected chi connectivity index (χ1v) is 47.3. The molecule has 3 fully saturated rings. The third-order valence-corrected chi connectivity index (χ3v) is 28.1. The number of hydrogen-bond acceptors (Lipinski definition) is 21. The molecule has 0 bridgehead atoms. The number of carbonyl (C=O) groups excluding carboxylic acids is 3. The highest BCUT2D eigenvalue weighted by Crippen LogP contribution is 2.51. The van der Waals surface area contributed by atoms with E-state index in [4.69, 9.17) is 137 Å². The van der Waals surface area contributed by atoms with Gasteiger partial charge in [0, 0.05) is 127 Å². The zero-order valence-electron chi connectivity index (χ0n) is 78.4. The molecule has 0 spiro atoms. The number of aryl methyl sites for hydroxylation is 3. The van der Waals surface area contributed by atoms with Crippen molar-refractivity contribution in [1.82, 2.24) is 58.3 Å². The molecule has 15 rings (SSSR count). The number of rotatable bonds is 15. The maximum Gasteiger partial charge on any atom is 0.276 e. The number of piperazine rings is 3. The maximum atomic E-state index is 14.9. The molecule has 0 unspecified atom stereocenters. The number of nitrogens with two attached hydrogens (primary N) is 3. The summed E-state index contributed by atoms with van der Waals surface area (Å²) in [4.78, 5) is 120. The van der Waals surface area contributed by atoms with Crippen LogP contribution in [0.25, 0.3) is 83.9 Å². The highest BCUT2D eigenvalue weighted by atomic mass is 35.5. The number of hydrogen-bond donors (Lipinski definition) is 3. The normalized spacial score (nSPS) is 16.6. The lowest BCUT2D eigenvalue weighted by molar-refractivity contribution is -0.131. The van der Waals surface area contributed by atoms with Crippen molar-refractivity contribution < 1.29 is 40.7 Å². The van der Waals surface area contributed by atoms with Gasteiger partial charge >= 0.3 is 0 Å². The van der Waals surface area contributed by atoms with Crippen LogP contribution in [-0.2, 0) is 14.4 Å². The Hall–Kier alpha value is -12.7. The smallest absolute Gasteiger partial charge is 0.276 e. The number of aromatic nitrogens is 9. The van der Waals surface area contributed by atoms with Gasteiger partial charge < -0.3 is 46.6 Å². The molecular formula is C99H90Cl9F6N21O6. The van der Waals surface area contributed by atoms with E-state index in [2.05, 4.69) is 52.9 Å². The fraction of sp³-hybridized carbons (Fsp3) is 0.303. The Morgan fingerprint density at radius 2 is 0.617 bits per heavy atom. The number of nitriles is 3. The molecule has 0 aliphatic carbocycles. The summed E-state index contributed by atoms with van der Waals surface area (Å²) in [6, 6.07) is 13.9. The Bertz CT molecular complexity index is 6860. The minimum Gasteiger partial charge on any atom is -0.397 e. The lowest BCUT2D eigenvalue weighted by atomic mass is 10.0. The van der Waals surface area contributed by atoms with Crippen molar-refractivity contribution in [2.24, 2.45) is 0 Å². The topological polar surface area (TPSA) is 363 Å². The van der Waals surface area contributed by atoms with Crippen molar-refractivity contribution in [3.63, 3.8) is 0 Å². The van der Waals surface area contributed by atoms with Gasteiger partial charge in [0.1, 0.15) is 61.9 Å². The second kappa shape index (κ2) is 41.5. The number of benzene rings is 3. The average Bonchev–Trinajstić information content (AvgIpc) is 0.725. The molecular weight excluding hydrogens is 2010 g/mol. The summed E-state index contributed by atoms with van der Waals surface area (Å²) >= 11 is 57.5. The molecule has 6 atom stereocenters. The van der Waals surface area contributed by atoms with Crippen molar-refractivity contribution in [3.8, 4) is 69.0 Å². The predicted octanol–water partition coefficient (Wildman–Crippen LogP) is 21.6. The van der Waals surface area contributed by atoms with Crippen molar-refractivity contribution >= 4 is 189 Å². The largest absolute Gasteiger partial charge is 0.397 e. The van der Waals surface area contributed by atoms with E-state index in [1.807, 2.05) is 97.8 Å². The van der Waals surface area contributed by atoms with E-state index in [0.29, 0.717) is 67.0 Å². The van der Waals surface area contributed by atoms with Gasteiger partial charge in [0.15, 0.2) is 34.9 Å². The van der Waals surface area contributed by atoms with Crippen LogP contribution in [-0.4, -0.2) is 152 Å². The fourth-order valence-corrected chi connectivity index (χ4v) is 21.0. The van der Waals surface area contributed by atoms with Crippen LogP contribution in [0.2, 0.25) is 45.2 Å². The fourth-order valence-electron chi connectivity index (χ4n) is 18.9. The zero-order chi connectivity index (χ0) is 104. The Morgan fingerprint density at radius 3 is 0.851 bits per heavy atom. The third kappa shape index (κ3) is 18.4. The van der Waals surface area contributed by atoms with Gasteiger partial charge in [-0.15, -0.1) is 0 Å². The molecule has 3 saturated heterocycles. The van der Waals surface area contributed by atoms with E-state index in [9.17, 15) is 70.9 Å². The molecule has 141 heavy (non-hydrogen) atoms. The molecule has 12 heterocycles. The molecule has 3 aliphatic rings. The summed E-state index contributed by atoms with van der Waals surface area (Å²) in [7, 11) is 0. The second-order valence-electron chi connectivity index (χ2n) is 35.3. The molecule has 3 aliphatic heterocycles. The van der Waals surface area contributed by atoms with Gasteiger partial charge in [-0.05, 0) is 151 Å². The van der Waals surface area contributed by atoms with Crippen molar-refractivity contribution in [1.29, 1.82) is 15.8 Å². The van der Waals surface area contributed by atoms with Gasteiger partial charge in [0.05, 0.1) is 121 Å². The molecule has 0 saturated carbocycles. The van der Waals surface area contributed by atoms with E-state index >= 15 is 0 Å². The number of fused-ring (bicyclic) bond motifs is 3. The highest BCUT2D eigenvalue weighted by Gasteiger charge is 2.42. The van der Waals surface area contributed by atoms with Gasteiger partial charge in [0.25, 0.3) is 16.7 Å². The summed E-state index contributed by atoms with van der Waals surface area (Å²) in [6.07, 6.45) is 8.59. The van der Waals surface area contributed by atoms with Crippen LogP contribution in [0.3, 0.4) is 0 Å². The molecule has 12 aromatic rings. The first-order valence-electron chi connectivity index (χ1n) is 43.9. The Morgan fingerprint density at radius 1 is 0.383 bits per heavy atom. The van der Waals surface area contributed by atoms with Gasteiger partial charge in [-0.3, -0.25) is 57.4 Å². The first-order chi connectivity index (χ1) is 66.5. The third-order valence-electron chi connectivity index (χ3n) is 25.0. The van der Waals surface area contributed by atoms with Gasteiger partial charge in [-0.1, -0.05) is 166 Å². The number of halogens is 15. The lowest BCUT2D eigenvalue weighted by Gasteiger charge is -2.45. The predicted molar refractivity (Wildman–Crippen MR) is 545 cm³/mol. The van der Waals surface area contributed by atoms with Crippen LogP contribution in [0, 0.1) is 89.7 Å². The quantitative estimate of drug-likeness (QED) is 0.0282. The summed E-state index contributed by atoms with van der Waals surface area (Å²) < 4.78 is 92.0. The van der Waals surface area contributed by atoms with Crippen LogP contribution in [0.4, 0.5) is 60.5 Å². The summed E-state index contributed by atoms with van der Waals surface area (Å²) in [5.74, 6) is -9.83. The number of pyridine rings is 9. The number of anilines is 6. The van der Waals surface area contributed by atoms with Gasteiger partial charge in [0.2, 0.25) is 17.7 Å². The number of nitrogens with zero attached hydrogens (tertiary/aromatic N) is 18. The molecule has 3 aromatic carbocycles. The Balaban J connectivity index is 0.000000178. The SMILES string of the molecule is C=CC(=O)N1[C@H](C)CN(c2c(C#N)c(=O)n(-c3c(C)ccnc3C(C)C)c3nc(-c4c(N)c(Cl)c(F)c(F)c4Cl)c(Cl)cc23)C[C@@H]1C.C=CC(=O)N1[C@H](C)CN(c2c(C#N)c(=O)n(-c3c(C)ccnc3C(C)C)c3nc(-c4c(N)c(Cl)c(F)c(F)c4Cl)c(Cl)cc23)C[C@@H]1C.C=CC(=O)N1[C@H](C)CN(c2c(C#N)c(=O)n(-c3c(C)ccnc3C(C)C)c3nc(-c4c(N)c(F)c(F)c(Cl)c4Cl)c(Cl)cc23)C[C@@H]1C. The number of carbonyl (C=O) groups is 3. The van der Waals surface area contributed by atoms with Crippen LogP contribution in [0.15, 0.2) is 107 Å². The van der Waals surface area contributed by atoms with Crippen molar-refractivity contribution in [2.75, 3.05) is 71.2 Å². The summed E-state index contributed by atoms with van der Waals surface area (Å²) in [6.45, 7) is 40.3. The Kier molecular flexibility index (Phi) is 31.0. The lowest BCUT2D eigenvalue weighted by Crippen LogP contribution is -2.58. The van der Waals surface area contributed by atoms with Crippen LogP contribution in [0.5, 0.6) is 0 Å². The van der Waals surface area contributed by atoms with E-state index in [1.165, 1.54) is 50.1 Å². The van der Waals surface area contributed by atoms with E-state index in [-0.39, 0.29) is 211 Å². The second-order valence-corrected chi connectivity index (χ2v) is 38.8. The average molecular weight is 2100 g/mol. The van der Waals surface area contributed by atoms with Crippen LogP contribution >= 0.6 is 104 Å². The molecule has 42 heteroatoms. The van der Waals surface area contributed by atoms with Gasteiger partial charge in [-0.25, -0.2) is 41.3 Å². The van der Waals surface area contributed by atoms with E-state index in [1.54, 1.807) is 72.3 Å². The minimum atomic E-state index is -1.45. The van der Waals surface area contributed by atoms with Crippen molar-refractivity contribution in [2.45, 2.75) is 158 Å². The van der Waals surface area contributed by atoms with E-state index in [0.717, 1.165) is 0 Å². The maximum absolute atomic E-state index is 14.9. The van der Waals surface area contributed by atoms with E-state index < -0.39 is 98.8 Å². The minimum absolute atomic E-state index is 0.0302. The molecule has 6 N–H and O–H groups in total. The molecule has 3 amide bonds. The molecule has 0 radical (unpaired) electrons. The molecule has 732 valence electrons. The Labute approximate surface area is 850 Å². The summed E-state index contributed by atoms with van der Waals surface area (Å²) in [5.41, 5.74) is 18.6. The molecule has 27 nitrogen and oxygen atoms in total. The standard InChI is InChI=1S/3C33H30Cl3F2N7O2/c2*1-7-21(46)44-16(5)12-43(13-17(44)6)31-18-10-20(34)29(22-23(35)25(37)26(38)24(36)27(22)40)42-32(18)45(33(47)19(31)11-39)30-15(4)8-9-41-28(30)14(2)3;1-7-21(46)44-16(5)12-43(13-17(44)6)31-18-10-20(34)29(22-23(35)24(36)25(37)26(38)27(22)40)42-32(18)45(33(47)19(31)11-39)30-15(4)8-9-41-28(30)14(2)3/h3*7-10,14,16-17H,1,12-13,40H2,2-6H3/t3*16-,17+. The van der Waals surface area contributed by atoms with Crippen LogP contribution < -0.4 is 48.6 Å². The molecule has 9 aromatic heterocycles. The highest BCUT2D eigenvalue weighted by molar-refractivity contribution is 6.45. The zero-order valence-corrected chi connectivity index (χ0v) is 85.2. The first kappa shape index (κ1) is 106. The van der Waals surface area contributed by atoms with Gasteiger partial charge in [-0.2, -0.15) is 15.8 Å². The van der Waals surface area contributed by atoms with Crippen molar-refractivity contribution in [3.05, 3.63) is 255 Å². The number of nitrogen functional groups attached to an aromatic ring is 3. The monoisotopic (exact) mass is 2100 g/mol. The number of amides is 3. The summed E-state index contributed by atoms with van der Waals surface area (Å²) in [5, 5.41) is 28.2. The van der Waals surface area contributed by atoms with Crippen LogP contribution in [0.1, 0.15) is 151 Å².